The van der Waals surface area contributed by atoms with Gasteiger partial charge < -0.3 is 9.47 Å². The molecule has 1 saturated carbocycles. The first-order valence-corrected chi connectivity index (χ1v) is 7.21. The second-order valence-corrected chi connectivity index (χ2v) is 5.31. The minimum atomic E-state index is -0.0438. The molecule has 0 N–H and O–H groups in total. The maximum atomic E-state index is 11.9. The second-order valence-electron chi connectivity index (χ2n) is 5.31. The van der Waals surface area contributed by atoms with Crippen molar-refractivity contribution < 1.29 is 14.3 Å². The third-order valence-corrected chi connectivity index (χ3v) is 4.35. The highest BCUT2D eigenvalue weighted by Crippen LogP contribution is 2.47. The van der Waals surface area contributed by atoms with E-state index in [0.29, 0.717) is 18.9 Å². The van der Waals surface area contributed by atoms with Crippen LogP contribution in [0, 0.1) is 5.92 Å². The number of rotatable bonds is 6. The molecule has 18 heavy (non-hydrogen) atoms. The van der Waals surface area contributed by atoms with Crippen LogP contribution in [0.1, 0.15) is 39.5 Å². The average molecular weight is 255 g/mol. The van der Waals surface area contributed by atoms with E-state index in [4.69, 9.17) is 9.47 Å². The maximum Gasteiger partial charge on any atom is 0.307 e. The molecule has 4 heteroatoms. The fourth-order valence-corrected chi connectivity index (χ4v) is 3.24. The maximum absolute atomic E-state index is 11.9. The minimum Gasteiger partial charge on any atom is -0.466 e. The molecular weight excluding hydrogens is 230 g/mol. The van der Waals surface area contributed by atoms with Crippen molar-refractivity contribution in [2.45, 2.75) is 45.1 Å². The molecule has 104 valence electrons. The fourth-order valence-electron chi connectivity index (χ4n) is 3.24. The Morgan fingerprint density at radius 3 is 2.50 bits per heavy atom. The Morgan fingerprint density at radius 2 is 2.00 bits per heavy atom. The van der Waals surface area contributed by atoms with Gasteiger partial charge in [0.15, 0.2) is 0 Å². The van der Waals surface area contributed by atoms with Crippen LogP contribution in [0.25, 0.3) is 0 Å². The van der Waals surface area contributed by atoms with Crippen LogP contribution in [0.4, 0.5) is 0 Å². The van der Waals surface area contributed by atoms with Crippen molar-refractivity contribution in [2.24, 2.45) is 5.92 Å². The molecule has 1 unspecified atom stereocenters. The third-order valence-electron chi connectivity index (χ3n) is 4.35. The van der Waals surface area contributed by atoms with Crippen LogP contribution < -0.4 is 0 Å². The zero-order chi connectivity index (χ0) is 13.0. The summed E-state index contributed by atoms with van der Waals surface area (Å²) in [7, 11) is 0. The van der Waals surface area contributed by atoms with Gasteiger partial charge in [0.2, 0.25) is 0 Å². The lowest BCUT2D eigenvalue weighted by molar-refractivity contribution is -0.148. The standard InChI is InChI=1S/C14H25NO3/c1-3-14(12-5-6-12,11-13(16)18-4-2)15-7-9-17-10-8-15/h12H,3-11H2,1-2H3. The van der Waals surface area contributed by atoms with Gasteiger partial charge in [-0.05, 0) is 32.1 Å². The molecular formula is C14H25NO3. The molecule has 2 aliphatic rings. The van der Waals surface area contributed by atoms with Gasteiger partial charge in [-0.25, -0.2) is 0 Å². The molecule has 2 fully saturated rings. The summed E-state index contributed by atoms with van der Waals surface area (Å²) in [6, 6.07) is 0. The average Bonchev–Trinajstić information content (AvgIpc) is 3.22. The van der Waals surface area contributed by atoms with Gasteiger partial charge >= 0.3 is 5.97 Å². The smallest absolute Gasteiger partial charge is 0.307 e. The van der Waals surface area contributed by atoms with Gasteiger partial charge in [-0.1, -0.05) is 6.92 Å². The van der Waals surface area contributed by atoms with Gasteiger partial charge in [0.25, 0.3) is 0 Å². The largest absolute Gasteiger partial charge is 0.466 e. The molecule has 1 aliphatic heterocycles. The number of carbonyl (C=O) groups excluding carboxylic acids is 1. The molecule has 4 nitrogen and oxygen atoms in total. The Hall–Kier alpha value is -0.610. The summed E-state index contributed by atoms with van der Waals surface area (Å²) in [5.74, 6) is 0.628. The Balaban J connectivity index is 2.08. The van der Waals surface area contributed by atoms with Crippen LogP contribution in [0.2, 0.25) is 0 Å². The van der Waals surface area contributed by atoms with Crippen LogP contribution in [0.3, 0.4) is 0 Å². The predicted molar refractivity (Wildman–Crippen MR) is 69.4 cm³/mol. The van der Waals surface area contributed by atoms with Gasteiger partial charge in [-0.3, -0.25) is 9.69 Å². The molecule has 1 aliphatic carbocycles. The number of morpholine rings is 1. The molecule has 0 spiro atoms. The topological polar surface area (TPSA) is 38.8 Å². The molecule has 1 atom stereocenters. The summed E-state index contributed by atoms with van der Waals surface area (Å²) < 4.78 is 10.6. The van der Waals surface area contributed by atoms with Crippen LogP contribution in [0.5, 0.6) is 0 Å². The number of carbonyl (C=O) groups is 1. The van der Waals surface area contributed by atoms with Crippen molar-refractivity contribution in [1.82, 2.24) is 4.90 Å². The third kappa shape index (κ3) is 2.86. The Morgan fingerprint density at radius 1 is 1.33 bits per heavy atom. The van der Waals surface area contributed by atoms with Crippen LogP contribution >= 0.6 is 0 Å². The van der Waals surface area contributed by atoms with Crippen molar-refractivity contribution >= 4 is 5.97 Å². The van der Waals surface area contributed by atoms with E-state index in [1.54, 1.807) is 0 Å². The van der Waals surface area contributed by atoms with E-state index >= 15 is 0 Å². The van der Waals surface area contributed by atoms with Crippen molar-refractivity contribution in [3.05, 3.63) is 0 Å². The molecule has 0 bridgehead atoms. The first-order valence-electron chi connectivity index (χ1n) is 7.21. The summed E-state index contributed by atoms with van der Waals surface area (Å²) in [6.07, 6.45) is 4.08. The second kappa shape index (κ2) is 6.02. The van der Waals surface area contributed by atoms with Gasteiger partial charge in [0, 0.05) is 18.6 Å². The first-order chi connectivity index (χ1) is 8.73. The van der Waals surface area contributed by atoms with Gasteiger partial charge in [-0.2, -0.15) is 0 Å². The Bertz CT molecular complexity index is 285. The van der Waals surface area contributed by atoms with E-state index in [9.17, 15) is 4.79 Å². The predicted octanol–water partition coefficient (Wildman–Crippen LogP) is 1.83. The Kier molecular flexibility index (Phi) is 4.62. The molecule has 0 aromatic heterocycles. The monoisotopic (exact) mass is 255 g/mol. The van der Waals surface area contributed by atoms with Gasteiger partial charge in [-0.15, -0.1) is 0 Å². The van der Waals surface area contributed by atoms with E-state index in [1.807, 2.05) is 6.92 Å². The molecule has 0 amide bonds. The van der Waals surface area contributed by atoms with Crippen LogP contribution in [0.15, 0.2) is 0 Å². The molecule has 1 heterocycles. The highest BCUT2D eigenvalue weighted by molar-refractivity contribution is 5.71. The van der Waals surface area contributed by atoms with Crippen LogP contribution in [-0.2, 0) is 14.3 Å². The lowest BCUT2D eigenvalue weighted by Crippen LogP contribution is -2.55. The van der Waals surface area contributed by atoms with E-state index in [2.05, 4.69) is 11.8 Å². The lowest BCUT2D eigenvalue weighted by Gasteiger charge is -2.45. The lowest BCUT2D eigenvalue weighted by atomic mass is 9.84. The molecule has 1 saturated heterocycles. The van der Waals surface area contributed by atoms with Gasteiger partial charge in [0.05, 0.1) is 26.2 Å². The zero-order valence-corrected chi connectivity index (χ0v) is 11.6. The first kappa shape index (κ1) is 13.8. The number of ether oxygens (including phenoxy) is 2. The van der Waals surface area contributed by atoms with Crippen molar-refractivity contribution in [1.29, 1.82) is 0 Å². The van der Waals surface area contributed by atoms with Crippen molar-refractivity contribution in [3.63, 3.8) is 0 Å². The summed E-state index contributed by atoms with van der Waals surface area (Å²) in [5.41, 5.74) is 0.0238. The normalized spacial score (nSPS) is 24.6. The number of hydrogen-bond donors (Lipinski definition) is 0. The van der Waals surface area contributed by atoms with E-state index in [1.165, 1.54) is 12.8 Å². The number of nitrogens with zero attached hydrogens (tertiary/aromatic N) is 1. The van der Waals surface area contributed by atoms with Crippen molar-refractivity contribution in [2.75, 3.05) is 32.9 Å². The summed E-state index contributed by atoms with van der Waals surface area (Å²) >= 11 is 0. The minimum absolute atomic E-state index is 0.0238. The summed E-state index contributed by atoms with van der Waals surface area (Å²) in [4.78, 5) is 14.4. The number of hydrogen-bond acceptors (Lipinski definition) is 4. The Labute approximate surface area is 110 Å². The quantitative estimate of drug-likeness (QED) is 0.679. The summed E-state index contributed by atoms with van der Waals surface area (Å²) in [6.45, 7) is 8.03. The van der Waals surface area contributed by atoms with E-state index in [0.717, 1.165) is 32.7 Å². The SMILES string of the molecule is CCOC(=O)CC(CC)(C1CC1)N1CCOCC1. The van der Waals surface area contributed by atoms with Crippen molar-refractivity contribution in [3.8, 4) is 0 Å². The van der Waals surface area contributed by atoms with E-state index in [-0.39, 0.29) is 11.5 Å². The van der Waals surface area contributed by atoms with E-state index < -0.39 is 0 Å². The molecule has 0 aromatic rings. The highest BCUT2D eigenvalue weighted by atomic mass is 16.5. The summed E-state index contributed by atoms with van der Waals surface area (Å²) in [5, 5.41) is 0. The highest BCUT2D eigenvalue weighted by Gasteiger charge is 2.49. The zero-order valence-electron chi connectivity index (χ0n) is 11.6. The van der Waals surface area contributed by atoms with Crippen LogP contribution in [-0.4, -0.2) is 49.3 Å². The van der Waals surface area contributed by atoms with Gasteiger partial charge in [0.1, 0.15) is 0 Å². The molecule has 0 aromatic carbocycles. The molecule has 2 rings (SSSR count). The number of esters is 1. The fraction of sp³-hybridized carbons (Fsp3) is 0.929. The molecule has 0 radical (unpaired) electrons.